The number of rotatable bonds is 14. The Hall–Kier alpha value is -7.68. The van der Waals surface area contributed by atoms with Gasteiger partial charge in [0.05, 0.1) is 0 Å². The lowest BCUT2D eigenvalue weighted by Gasteiger charge is -2.31. The molecule has 0 bridgehead atoms. The Labute approximate surface area is 381 Å². The molecule has 7 aromatic carbocycles. The van der Waals surface area contributed by atoms with Crippen molar-refractivity contribution in [2.45, 2.75) is 40.2 Å². The molecule has 1 unspecified atom stereocenters. The van der Waals surface area contributed by atoms with E-state index in [2.05, 4.69) is 286 Å². The Balaban J connectivity index is 1.07. The Morgan fingerprint density at radius 3 is 1.48 bits per heavy atom. The van der Waals surface area contributed by atoms with Gasteiger partial charge < -0.3 is 9.80 Å². The predicted octanol–water partition coefficient (Wildman–Crippen LogP) is 16.9. The van der Waals surface area contributed by atoms with E-state index in [-0.39, 0.29) is 6.04 Å². The summed E-state index contributed by atoms with van der Waals surface area (Å²) in [4.78, 5) is 4.79. The molecule has 0 radical (unpaired) electrons. The summed E-state index contributed by atoms with van der Waals surface area (Å²) in [6.45, 7) is 8.76. The Morgan fingerprint density at radius 2 is 0.953 bits per heavy atom. The van der Waals surface area contributed by atoms with Gasteiger partial charge in [0.2, 0.25) is 0 Å². The summed E-state index contributed by atoms with van der Waals surface area (Å²) >= 11 is 0. The highest BCUT2D eigenvalue weighted by Crippen LogP contribution is 2.36. The minimum absolute atomic E-state index is 0.0874. The molecule has 1 aliphatic carbocycles. The number of nitrogens with zero attached hydrogens (tertiary/aromatic N) is 2. The summed E-state index contributed by atoms with van der Waals surface area (Å²) in [5, 5.41) is 0. The summed E-state index contributed by atoms with van der Waals surface area (Å²) in [7, 11) is 0. The van der Waals surface area contributed by atoms with Crippen LogP contribution in [-0.2, 0) is 0 Å². The zero-order chi connectivity index (χ0) is 44.1. The normalized spacial score (nSPS) is 13.8. The van der Waals surface area contributed by atoms with Gasteiger partial charge in [0.1, 0.15) is 0 Å². The Kier molecular flexibility index (Phi) is 14.1. The summed E-state index contributed by atoms with van der Waals surface area (Å²) in [5.74, 6) is 0. The smallest absolute Gasteiger partial charge is 0.0493 e. The molecular formula is C62H56N2. The van der Waals surface area contributed by atoms with Crippen LogP contribution >= 0.6 is 0 Å². The number of hydrogen-bond acceptors (Lipinski definition) is 2. The van der Waals surface area contributed by atoms with Crippen molar-refractivity contribution in [2.24, 2.45) is 0 Å². The van der Waals surface area contributed by atoms with Crippen molar-refractivity contribution in [1.29, 1.82) is 0 Å². The third-order valence-electron chi connectivity index (χ3n) is 11.9. The van der Waals surface area contributed by atoms with Crippen LogP contribution in [0.1, 0.15) is 50.8 Å². The van der Waals surface area contributed by atoms with Crippen LogP contribution in [-0.4, -0.2) is 6.04 Å². The van der Waals surface area contributed by atoms with E-state index in [1.54, 1.807) is 0 Å². The molecular weight excluding hydrogens is 773 g/mol. The van der Waals surface area contributed by atoms with Gasteiger partial charge in [0, 0.05) is 34.5 Å². The Bertz CT molecular complexity index is 2740. The highest BCUT2D eigenvalue weighted by atomic mass is 15.2. The van der Waals surface area contributed by atoms with Crippen LogP contribution in [0.2, 0.25) is 0 Å². The summed E-state index contributed by atoms with van der Waals surface area (Å²) in [6, 6.07) is 69.3. The maximum Gasteiger partial charge on any atom is 0.0493 e. The molecule has 0 fully saturated rings. The third-order valence-corrected chi connectivity index (χ3v) is 11.9. The van der Waals surface area contributed by atoms with E-state index in [4.69, 9.17) is 0 Å². The van der Waals surface area contributed by atoms with E-state index in [1.165, 1.54) is 55.7 Å². The van der Waals surface area contributed by atoms with Gasteiger partial charge >= 0.3 is 0 Å². The van der Waals surface area contributed by atoms with Crippen LogP contribution in [0.3, 0.4) is 0 Å². The average molecular weight is 829 g/mol. The van der Waals surface area contributed by atoms with Crippen molar-refractivity contribution in [1.82, 2.24) is 0 Å². The molecule has 0 saturated carbocycles. The first-order valence-corrected chi connectivity index (χ1v) is 22.3. The molecule has 0 heterocycles. The quantitative estimate of drug-likeness (QED) is 0.101. The van der Waals surface area contributed by atoms with Crippen LogP contribution in [0.25, 0.3) is 39.0 Å². The predicted molar refractivity (Wildman–Crippen MR) is 277 cm³/mol. The average Bonchev–Trinajstić information content (AvgIpc) is 3.61. The molecule has 1 aliphatic rings. The van der Waals surface area contributed by atoms with Gasteiger partial charge in [-0.1, -0.05) is 200 Å². The second-order valence-corrected chi connectivity index (χ2v) is 16.2. The molecule has 8 rings (SSSR count). The lowest BCUT2D eigenvalue weighted by molar-refractivity contribution is 0.819. The Morgan fingerprint density at radius 1 is 0.484 bits per heavy atom. The van der Waals surface area contributed by atoms with E-state index in [0.29, 0.717) is 0 Å². The fourth-order valence-corrected chi connectivity index (χ4v) is 8.33. The van der Waals surface area contributed by atoms with Crippen LogP contribution in [0.15, 0.2) is 260 Å². The van der Waals surface area contributed by atoms with Gasteiger partial charge in [0.25, 0.3) is 0 Å². The first kappa shape index (κ1) is 43.0. The molecule has 0 amide bonds. The molecule has 64 heavy (non-hydrogen) atoms. The fourth-order valence-electron chi connectivity index (χ4n) is 8.33. The number of hydrogen-bond donors (Lipinski definition) is 0. The van der Waals surface area contributed by atoms with Crippen molar-refractivity contribution in [3.63, 3.8) is 0 Å². The SMILES string of the molecule is C/C=C(\C=C/C(C)N(/C(C)=C/C=C(\C)c1ccccc1)c1ccc(C2=CCC=C(N(c3ccc(-c4ccccc4)cc3)c3ccc(-c4ccccc4)cc3)C=C2)cc1)c1ccccc1. The van der Waals surface area contributed by atoms with Gasteiger partial charge in [-0.15, -0.1) is 0 Å². The molecule has 2 nitrogen and oxygen atoms in total. The topological polar surface area (TPSA) is 6.48 Å². The number of anilines is 3. The van der Waals surface area contributed by atoms with Crippen molar-refractivity contribution in [3.8, 4) is 22.3 Å². The van der Waals surface area contributed by atoms with Gasteiger partial charge in [0.15, 0.2) is 0 Å². The van der Waals surface area contributed by atoms with Crippen molar-refractivity contribution < 1.29 is 0 Å². The first-order valence-electron chi connectivity index (χ1n) is 22.3. The standard InChI is InChI=1S/C62H56N2/c1-5-50(52-21-12-7-13-22-52)32-31-49(4)63(48(3)30-29-47(2)51-19-10-6-11-20-51)60-41-34-58(35-42-60)55-27-18-28-59(40-33-55)64(61-43-36-56(37-44-61)53-23-14-8-15-24-53)62-45-38-57(39-46-62)54-25-16-9-17-26-54/h5-17,19-46,49H,18H2,1-4H3/b32-31-,47-29+,48-30+,50-5+. The van der Waals surface area contributed by atoms with Crippen molar-refractivity contribution >= 4 is 33.8 Å². The zero-order valence-corrected chi connectivity index (χ0v) is 37.4. The molecule has 0 aromatic heterocycles. The highest BCUT2D eigenvalue weighted by Gasteiger charge is 2.18. The highest BCUT2D eigenvalue weighted by molar-refractivity contribution is 5.81. The first-order chi connectivity index (χ1) is 31.4. The second-order valence-electron chi connectivity index (χ2n) is 16.2. The van der Waals surface area contributed by atoms with Crippen LogP contribution in [0.5, 0.6) is 0 Å². The lowest BCUT2D eigenvalue weighted by atomic mass is 10.0. The van der Waals surface area contributed by atoms with Gasteiger partial charge in [-0.25, -0.2) is 0 Å². The molecule has 2 heteroatoms. The molecule has 0 N–H and O–H groups in total. The minimum atomic E-state index is 0.0874. The van der Waals surface area contributed by atoms with E-state index in [1.807, 2.05) is 0 Å². The molecule has 0 spiro atoms. The molecule has 0 saturated heterocycles. The lowest BCUT2D eigenvalue weighted by Crippen LogP contribution is -2.29. The van der Waals surface area contributed by atoms with E-state index in [9.17, 15) is 0 Å². The van der Waals surface area contributed by atoms with Gasteiger partial charge in [-0.2, -0.15) is 0 Å². The largest absolute Gasteiger partial charge is 0.339 e. The van der Waals surface area contributed by atoms with Gasteiger partial charge in [-0.05, 0) is 138 Å². The van der Waals surface area contributed by atoms with Crippen LogP contribution in [0, 0.1) is 0 Å². The summed E-state index contributed by atoms with van der Waals surface area (Å²) in [6.07, 6.45) is 21.2. The molecule has 1 atom stereocenters. The van der Waals surface area contributed by atoms with Gasteiger partial charge in [-0.3, -0.25) is 0 Å². The van der Waals surface area contributed by atoms with E-state index in [0.717, 1.165) is 34.9 Å². The maximum atomic E-state index is 2.42. The summed E-state index contributed by atoms with van der Waals surface area (Å²) < 4.78 is 0. The summed E-state index contributed by atoms with van der Waals surface area (Å²) in [5.41, 5.74) is 17.7. The second kappa shape index (κ2) is 20.9. The maximum absolute atomic E-state index is 2.42. The molecule has 7 aromatic rings. The van der Waals surface area contributed by atoms with Crippen molar-refractivity contribution in [2.75, 3.05) is 9.80 Å². The monoisotopic (exact) mass is 828 g/mol. The number of benzene rings is 7. The van der Waals surface area contributed by atoms with Crippen LogP contribution < -0.4 is 9.80 Å². The fraction of sp³-hybridized carbons (Fsp3) is 0.0968. The number of allylic oxidation sites excluding steroid dienone is 12. The molecule has 314 valence electrons. The van der Waals surface area contributed by atoms with Crippen molar-refractivity contribution in [3.05, 3.63) is 277 Å². The molecule has 0 aliphatic heterocycles. The van der Waals surface area contributed by atoms with E-state index < -0.39 is 0 Å². The third kappa shape index (κ3) is 10.5. The minimum Gasteiger partial charge on any atom is -0.339 e. The van der Waals surface area contributed by atoms with Crippen LogP contribution in [0.4, 0.5) is 17.1 Å². The van der Waals surface area contributed by atoms with E-state index >= 15 is 0 Å². The zero-order valence-electron chi connectivity index (χ0n) is 37.4.